The van der Waals surface area contributed by atoms with E-state index in [1.165, 1.54) is 0 Å². The van der Waals surface area contributed by atoms with Crippen LogP contribution < -0.4 is 10.1 Å². The van der Waals surface area contributed by atoms with E-state index in [1.807, 2.05) is 36.5 Å². The molecule has 1 aliphatic carbocycles. The van der Waals surface area contributed by atoms with Gasteiger partial charge in [0.25, 0.3) is 5.91 Å². The van der Waals surface area contributed by atoms with Crippen LogP contribution in [0.2, 0.25) is 0 Å². The zero-order chi connectivity index (χ0) is 13.9. The van der Waals surface area contributed by atoms with Gasteiger partial charge in [-0.1, -0.05) is 18.2 Å². The van der Waals surface area contributed by atoms with Crippen molar-refractivity contribution >= 4 is 5.91 Å². The molecule has 0 unspecified atom stereocenters. The van der Waals surface area contributed by atoms with Crippen LogP contribution in [0.5, 0.6) is 5.88 Å². The van der Waals surface area contributed by atoms with Gasteiger partial charge in [0.2, 0.25) is 5.88 Å². The maximum Gasteiger partial charge on any atom is 0.261 e. The minimum absolute atomic E-state index is 0.0817. The van der Waals surface area contributed by atoms with Gasteiger partial charge in [0, 0.05) is 18.3 Å². The average Bonchev–Trinajstić information content (AvgIpc) is 3.16. The first-order valence-corrected chi connectivity index (χ1v) is 6.80. The Morgan fingerprint density at radius 2 is 2.10 bits per heavy atom. The smallest absolute Gasteiger partial charge is 0.261 e. The number of hydrogen-bond donors (Lipinski definition) is 1. The fourth-order valence-electron chi connectivity index (χ4n) is 1.88. The summed E-state index contributed by atoms with van der Waals surface area (Å²) in [6, 6.07) is 11.9. The number of para-hydroxylation sites is 1. The second kappa shape index (κ2) is 5.36. The van der Waals surface area contributed by atoms with Crippen molar-refractivity contribution in [1.82, 2.24) is 15.1 Å². The Kier molecular flexibility index (Phi) is 3.41. The van der Waals surface area contributed by atoms with Gasteiger partial charge in [0.1, 0.15) is 0 Å². The van der Waals surface area contributed by atoms with E-state index in [0.717, 1.165) is 18.5 Å². The fourth-order valence-corrected chi connectivity index (χ4v) is 1.88. The van der Waals surface area contributed by atoms with Crippen LogP contribution in [0.1, 0.15) is 19.8 Å². The summed E-state index contributed by atoms with van der Waals surface area (Å²) >= 11 is 0. The number of benzene rings is 1. The molecule has 0 aliphatic heterocycles. The first-order valence-electron chi connectivity index (χ1n) is 6.80. The van der Waals surface area contributed by atoms with Gasteiger partial charge in [-0.2, -0.15) is 0 Å². The number of ether oxygens (including phenoxy) is 1. The van der Waals surface area contributed by atoms with Crippen LogP contribution >= 0.6 is 0 Å². The molecule has 5 heteroatoms. The number of aromatic nitrogens is 2. The number of amides is 1. The molecular weight excluding hydrogens is 254 g/mol. The zero-order valence-corrected chi connectivity index (χ0v) is 11.3. The molecule has 1 saturated carbocycles. The van der Waals surface area contributed by atoms with E-state index >= 15 is 0 Å². The van der Waals surface area contributed by atoms with Crippen molar-refractivity contribution in [1.29, 1.82) is 0 Å². The molecule has 5 nitrogen and oxygen atoms in total. The van der Waals surface area contributed by atoms with E-state index in [1.54, 1.807) is 17.7 Å². The molecule has 1 amide bonds. The molecule has 0 bridgehead atoms. The highest BCUT2D eigenvalue weighted by molar-refractivity contribution is 5.81. The molecule has 1 fully saturated rings. The van der Waals surface area contributed by atoms with Crippen LogP contribution in [0.3, 0.4) is 0 Å². The third-order valence-electron chi connectivity index (χ3n) is 3.18. The summed E-state index contributed by atoms with van der Waals surface area (Å²) in [4.78, 5) is 11.8. The fraction of sp³-hybridized carbons (Fsp3) is 0.333. The molecule has 1 atom stereocenters. The van der Waals surface area contributed by atoms with E-state index in [-0.39, 0.29) is 5.91 Å². The van der Waals surface area contributed by atoms with Crippen molar-refractivity contribution in [2.75, 3.05) is 0 Å². The third-order valence-corrected chi connectivity index (χ3v) is 3.18. The Bertz CT molecular complexity index is 590. The van der Waals surface area contributed by atoms with Gasteiger partial charge in [0.15, 0.2) is 6.10 Å². The van der Waals surface area contributed by atoms with E-state index < -0.39 is 6.10 Å². The SMILES string of the molecule is C[C@@H](Oc1ccn(-c2ccccc2)n1)C(=O)NC1CC1. The number of nitrogens with zero attached hydrogens (tertiary/aromatic N) is 2. The van der Waals surface area contributed by atoms with Crippen LogP contribution in [-0.4, -0.2) is 27.8 Å². The van der Waals surface area contributed by atoms with Crippen molar-refractivity contribution in [3.05, 3.63) is 42.6 Å². The Morgan fingerprint density at radius 3 is 2.80 bits per heavy atom. The van der Waals surface area contributed by atoms with Gasteiger partial charge in [0.05, 0.1) is 5.69 Å². The second-order valence-electron chi connectivity index (χ2n) is 4.98. The Balaban J connectivity index is 1.63. The van der Waals surface area contributed by atoms with Gasteiger partial charge in [-0.15, -0.1) is 5.10 Å². The standard InChI is InChI=1S/C15H17N3O2/c1-11(15(19)16-12-7-8-12)20-14-9-10-18(17-14)13-5-3-2-4-6-13/h2-6,9-12H,7-8H2,1H3,(H,16,19)/t11-/m1/s1. The van der Waals surface area contributed by atoms with Crippen LogP contribution in [0.4, 0.5) is 0 Å². The summed E-state index contributed by atoms with van der Waals surface area (Å²) in [6.45, 7) is 1.74. The van der Waals surface area contributed by atoms with Gasteiger partial charge < -0.3 is 10.1 Å². The molecule has 104 valence electrons. The van der Waals surface area contributed by atoms with Gasteiger partial charge >= 0.3 is 0 Å². The van der Waals surface area contributed by atoms with Gasteiger partial charge in [-0.05, 0) is 31.9 Å². The summed E-state index contributed by atoms with van der Waals surface area (Å²) in [5.74, 6) is 0.370. The number of nitrogens with one attached hydrogen (secondary N) is 1. The van der Waals surface area contributed by atoms with Crippen molar-refractivity contribution in [2.45, 2.75) is 31.9 Å². The Hall–Kier alpha value is -2.30. The van der Waals surface area contributed by atoms with Crippen molar-refractivity contribution < 1.29 is 9.53 Å². The molecule has 1 N–H and O–H groups in total. The van der Waals surface area contributed by atoms with Gasteiger partial charge in [-0.3, -0.25) is 4.79 Å². The molecule has 1 aliphatic rings. The largest absolute Gasteiger partial charge is 0.463 e. The maximum atomic E-state index is 11.8. The molecule has 0 radical (unpaired) electrons. The molecule has 0 saturated heterocycles. The van der Waals surface area contributed by atoms with Crippen LogP contribution in [0.15, 0.2) is 42.6 Å². The van der Waals surface area contributed by atoms with E-state index in [2.05, 4.69) is 10.4 Å². The van der Waals surface area contributed by atoms with Crippen molar-refractivity contribution in [3.63, 3.8) is 0 Å². The van der Waals surface area contributed by atoms with Crippen molar-refractivity contribution in [3.8, 4) is 11.6 Å². The van der Waals surface area contributed by atoms with Crippen LogP contribution in [-0.2, 0) is 4.79 Å². The Morgan fingerprint density at radius 1 is 1.35 bits per heavy atom. The number of hydrogen-bond acceptors (Lipinski definition) is 3. The first kappa shape index (κ1) is 12.7. The zero-order valence-electron chi connectivity index (χ0n) is 11.3. The maximum absolute atomic E-state index is 11.8. The highest BCUT2D eigenvalue weighted by Gasteiger charge is 2.26. The molecule has 1 aromatic carbocycles. The lowest BCUT2D eigenvalue weighted by atomic mass is 10.3. The lowest BCUT2D eigenvalue weighted by molar-refractivity contribution is -0.127. The number of rotatable bonds is 5. The van der Waals surface area contributed by atoms with E-state index in [0.29, 0.717) is 11.9 Å². The van der Waals surface area contributed by atoms with Crippen molar-refractivity contribution in [2.24, 2.45) is 0 Å². The summed E-state index contributed by atoms with van der Waals surface area (Å²) in [5, 5.41) is 7.23. The highest BCUT2D eigenvalue weighted by Crippen LogP contribution is 2.19. The lowest BCUT2D eigenvalue weighted by Gasteiger charge is -2.12. The third kappa shape index (κ3) is 2.99. The number of carbonyl (C=O) groups is 1. The minimum Gasteiger partial charge on any atom is -0.463 e. The molecule has 1 heterocycles. The normalized spacial score (nSPS) is 15.7. The van der Waals surface area contributed by atoms with Gasteiger partial charge in [-0.25, -0.2) is 4.68 Å². The van der Waals surface area contributed by atoms with E-state index in [4.69, 9.17) is 4.74 Å². The lowest BCUT2D eigenvalue weighted by Crippen LogP contribution is -2.37. The minimum atomic E-state index is -0.533. The topological polar surface area (TPSA) is 56.2 Å². The quantitative estimate of drug-likeness (QED) is 0.904. The monoisotopic (exact) mass is 271 g/mol. The highest BCUT2D eigenvalue weighted by atomic mass is 16.5. The first-order chi connectivity index (χ1) is 9.72. The summed E-state index contributed by atoms with van der Waals surface area (Å²) in [5.41, 5.74) is 0.956. The molecule has 2 aromatic rings. The summed E-state index contributed by atoms with van der Waals surface area (Å²) < 4.78 is 7.29. The predicted octanol–water partition coefficient (Wildman–Crippen LogP) is 1.92. The molecular formula is C15H17N3O2. The number of carbonyl (C=O) groups excluding carboxylic acids is 1. The second-order valence-corrected chi connectivity index (χ2v) is 4.98. The molecule has 3 rings (SSSR count). The van der Waals surface area contributed by atoms with Crippen LogP contribution in [0, 0.1) is 0 Å². The van der Waals surface area contributed by atoms with Crippen LogP contribution in [0.25, 0.3) is 5.69 Å². The van der Waals surface area contributed by atoms with E-state index in [9.17, 15) is 4.79 Å². The summed E-state index contributed by atoms with van der Waals surface area (Å²) in [6.07, 6.45) is 3.42. The predicted molar refractivity (Wildman–Crippen MR) is 74.8 cm³/mol. The molecule has 20 heavy (non-hydrogen) atoms. The average molecular weight is 271 g/mol. The molecule has 0 spiro atoms. The molecule has 1 aromatic heterocycles. The Labute approximate surface area is 117 Å². The summed E-state index contributed by atoms with van der Waals surface area (Å²) in [7, 11) is 0.